The van der Waals surface area contributed by atoms with Crippen molar-refractivity contribution < 1.29 is 9.90 Å². The summed E-state index contributed by atoms with van der Waals surface area (Å²) in [4.78, 5) is 15.4. The van der Waals surface area contributed by atoms with E-state index in [0.717, 1.165) is 24.8 Å². The van der Waals surface area contributed by atoms with Crippen LogP contribution in [0.15, 0.2) is 66.7 Å². The zero-order chi connectivity index (χ0) is 23.4. The Balaban J connectivity index is 0.000000471. The maximum Gasteiger partial charge on any atom is 0.121 e. The van der Waals surface area contributed by atoms with Gasteiger partial charge in [-0.15, -0.1) is 0 Å². The van der Waals surface area contributed by atoms with Crippen LogP contribution in [-0.2, 0) is 11.2 Å². The predicted octanol–water partition coefficient (Wildman–Crippen LogP) is 4.96. The van der Waals surface area contributed by atoms with E-state index in [4.69, 9.17) is 5.73 Å². The number of phenolic OH excluding ortho intramolecular Hbond substituents is 1. The first kappa shape index (κ1) is 22.8. The number of carbonyl (C=O) groups excluding carboxylic acids is 1. The fourth-order valence-electron chi connectivity index (χ4n) is 4.60. The van der Waals surface area contributed by atoms with Crippen LogP contribution in [0, 0.1) is 6.92 Å². The molecule has 1 aliphatic heterocycles. The van der Waals surface area contributed by atoms with Gasteiger partial charge in [0.1, 0.15) is 12.0 Å². The standard InChI is InChI=1S/C25H24N2O.C3H7NO/c1-16-5-3-6-17(13-16)18-9-10-23-22(15-18)21-11-12-27(2)25(24(21)26-23)19-7-4-8-20(28)14-19;4-2-1-3-5/h3-10,13-15,25-26,28H,11-12H2,1-2H3;3H,1-2,4H2. The molecule has 5 nitrogen and oxygen atoms in total. The van der Waals surface area contributed by atoms with E-state index in [1.165, 1.54) is 38.9 Å². The summed E-state index contributed by atoms with van der Waals surface area (Å²) in [5.41, 5.74) is 13.6. The number of nitrogens with one attached hydrogen (secondary N) is 1. The molecule has 0 aliphatic carbocycles. The summed E-state index contributed by atoms with van der Waals surface area (Å²) in [5.74, 6) is 0.316. The molecule has 0 radical (unpaired) electrons. The Hall–Kier alpha value is -3.41. The van der Waals surface area contributed by atoms with Crippen LogP contribution in [0.3, 0.4) is 0 Å². The number of aldehydes is 1. The molecule has 5 heteroatoms. The van der Waals surface area contributed by atoms with Gasteiger partial charge >= 0.3 is 0 Å². The second kappa shape index (κ2) is 10.0. The van der Waals surface area contributed by atoms with Gasteiger partial charge in [-0.25, -0.2) is 0 Å². The highest BCUT2D eigenvalue weighted by Gasteiger charge is 2.29. The van der Waals surface area contributed by atoms with Crippen LogP contribution in [0.1, 0.15) is 34.8 Å². The lowest BCUT2D eigenvalue weighted by molar-refractivity contribution is -0.107. The van der Waals surface area contributed by atoms with Gasteiger partial charge in [-0.2, -0.15) is 0 Å². The van der Waals surface area contributed by atoms with E-state index in [1.54, 1.807) is 6.07 Å². The molecule has 170 valence electrons. The second-order valence-electron chi connectivity index (χ2n) is 8.62. The average molecular weight is 442 g/mol. The summed E-state index contributed by atoms with van der Waals surface area (Å²) in [6.07, 6.45) is 2.32. The Labute approximate surface area is 194 Å². The first-order valence-electron chi connectivity index (χ1n) is 11.4. The lowest BCUT2D eigenvalue weighted by Gasteiger charge is -2.33. The van der Waals surface area contributed by atoms with Crippen molar-refractivity contribution in [2.75, 3.05) is 20.1 Å². The van der Waals surface area contributed by atoms with Crippen LogP contribution in [0.2, 0.25) is 0 Å². The molecular weight excluding hydrogens is 410 g/mol. The van der Waals surface area contributed by atoms with Crippen LogP contribution in [-0.4, -0.2) is 41.4 Å². The lowest BCUT2D eigenvalue weighted by atomic mass is 9.92. The summed E-state index contributed by atoms with van der Waals surface area (Å²) in [6.45, 7) is 3.61. The molecule has 0 spiro atoms. The predicted molar refractivity (Wildman–Crippen MR) is 134 cm³/mol. The fraction of sp³-hybridized carbons (Fsp3) is 0.250. The van der Waals surface area contributed by atoms with Gasteiger partial charge in [0, 0.05) is 29.6 Å². The van der Waals surface area contributed by atoms with Gasteiger partial charge < -0.3 is 20.6 Å². The van der Waals surface area contributed by atoms with Crippen molar-refractivity contribution in [1.29, 1.82) is 0 Å². The van der Waals surface area contributed by atoms with Crippen molar-refractivity contribution in [2.45, 2.75) is 25.8 Å². The summed E-state index contributed by atoms with van der Waals surface area (Å²) in [7, 11) is 2.15. The monoisotopic (exact) mass is 441 g/mol. The van der Waals surface area contributed by atoms with E-state index in [0.29, 0.717) is 18.7 Å². The number of nitrogens with zero attached hydrogens (tertiary/aromatic N) is 1. The normalized spacial score (nSPS) is 15.5. The first-order chi connectivity index (χ1) is 16.0. The molecule has 0 amide bonds. The van der Waals surface area contributed by atoms with E-state index in [1.807, 2.05) is 12.1 Å². The number of phenols is 1. The highest BCUT2D eigenvalue weighted by Crippen LogP contribution is 2.39. The van der Waals surface area contributed by atoms with Gasteiger partial charge in [-0.3, -0.25) is 4.90 Å². The summed E-state index contributed by atoms with van der Waals surface area (Å²) in [6, 6.07) is 23.1. The Morgan fingerprint density at radius 2 is 1.88 bits per heavy atom. The zero-order valence-corrected chi connectivity index (χ0v) is 19.2. The number of aromatic amines is 1. The van der Waals surface area contributed by atoms with Crippen LogP contribution in [0.4, 0.5) is 0 Å². The molecule has 5 rings (SSSR count). The molecular formula is C28H31N3O2. The maximum atomic E-state index is 9.97. The van der Waals surface area contributed by atoms with Gasteiger partial charge in [0.2, 0.25) is 0 Å². The summed E-state index contributed by atoms with van der Waals surface area (Å²) >= 11 is 0. The number of aromatic nitrogens is 1. The highest BCUT2D eigenvalue weighted by molar-refractivity contribution is 5.89. The number of H-pyrrole nitrogens is 1. The van der Waals surface area contributed by atoms with Crippen LogP contribution >= 0.6 is 0 Å². The molecule has 0 bridgehead atoms. The molecule has 0 saturated heterocycles. The SMILES string of the molecule is Cc1cccc(-c2ccc3[nH]c4c(c3c2)CCN(C)C4c2cccc(O)c2)c1.NCCC=O. The third kappa shape index (κ3) is 4.85. The number of carbonyl (C=O) groups is 1. The van der Waals surface area contributed by atoms with Gasteiger partial charge in [0.15, 0.2) is 0 Å². The quantitative estimate of drug-likeness (QED) is 0.391. The minimum atomic E-state index is 0.130. The highest BCUT2D eigenvalue weighted by atomic mass is 16.3. The number of fused-ring (bicyclic) bond motifs is 3. The van der Waals surface area contributed by atoms with E-state index in [9.17, 15) is 9.90 Å². The van der Waals surface area contributed by atoms with Gasteiger partial charge in [0.25, 0.3) is 0 Å². The Morgan fingerprint density at radius 1 is 1.09 bits per heavy atom. The molecule has 2 heterocycles. The minimum Gasteiger partial charge on any atom is -0.508 e. The largest absolute Gasteiger partial charge is 0.508 e. The molecule has 1 aromatic heterocycles. The number of likely N-dealkylation sites (N-methyl/N-ethyl adjacent to an activating group) is 1. The first-order valence-corrected chi connectivity index (χ1v) is 11.4. The number of nitrogens with two attached hydrogens (primary N) is 1. The van der Waals surface area contributed by atoms with E-state index in [2.05, 4.69) is 72.4 Å². The third-order valence-corrected chi connectivity index (χ3v) is 6.19. The van der Waals surface area contributed by atoms with E-state index >= 15 is 0 Å². The molecule has 1 aliphatic rings. The number of rotatable bonds is 4. The molecule has 1 atom stereocenters. The molecule has 3 aromatic carbocycles. The smallest absolute Gasteiger partial charge is 0.121 e. The Morgan fingerprint density at radius 3 is 2.58 bits per heavy atom. The molecule has 0 saturated carbocycles. The maximum absolute atomic E-state index is 9.97. The molecule has 33 heavy (non-hydrogen) atoms. The van der Waals surface area contributed by atoms with E-state index < -0.39 is 0 Å². The Bertz CT molecular complexity index is 1260. The van der Waals surface area contributed by atoms with Crippen molar-refractivity contribution in [3.05, 3.63) is 89.1 Å². The Kier molecular flexibility index (Phi) is 6.92. The zero-order valence-electron chi connectivity index (χ0n) is 19.2. The topological polar surface area (TPSA) is 82.3 Å². The summed E-state index contributed by atoms with van der Waals surface area (Å²) in [5, 5.41) is 11.3. The molecule has 0 fully saturated rings. The lowest BCUT2D eigenvalue weighted by Crippen LogP contribution is -2.32. The number of aryl methyl sites for hydroxylation is 1. The van der Waals surface area contributed by atoms with Crippen LogP contribution in [0.5, 0.6) is 5.75 Å². The number of benzene rings is 3. The van der Waals surface area contributed by atoms with E-state index in [-0.39, 0.29) is 6.04 Å². The average Bonchev–Trinajstić information content (AvgIpc) is 3.17. The third-order valence-electron chi connectivity index (χ3n) is 6.19. The second-order valence-corrected chi connectivity index (χ2v) is 8.62. The number of hydrogen-bond acceptors (Lipinski definition) is 4. The summed E-state index contributed by atoms with van der Waals surface area (Å²) < 4.78 is 0. The van der Waals surface area contributed by atoms with Gasteiger partial charge in [-0.05, 0) is 73.5 Å². The van der Waals surface area contributed by atoms with Gasteiger partial charge in [-0.1, -0.05) is 48.0 Å². The molecule has 4 N–H and O–H groups in total. The van der Waals surface area contributed by atoms with Crippen molar-refractivity contribution in [2.24, 2.45) is 5.73 Å². The van der Waals surface area contributed by atoms with Crippen molar-refractivity contribution in [1.82, 2.24) is 9.88 Å². The number of aromatic hydroxyl groups is 1. The van der Waals surface area contributed by atoms with Crippen LogP contribution in [0.25, 0.3) is 22.0 Å². The van der Waals surface area contributed by atoms with Crippen molar-refractivity contribution >= 4 is 17.2 Å². The van der Waals surface area contributed by atoms with Crippen LogP contribution < -0.4 is 5.73 Å². The van der Waals surface area contributed by atoms with Crippen molar-refractivity contribution in [3.8, 4) is 16.9 Å². The van der Waals surface area contributed by atoms with Crippen molar-refractivity contribution in [3.63, 3.8) is 0 Å². The molecule has 4 aromatic rings. The molecule has 1 unspecified atom stereocenters. The minimum absolute atomic E-state index is 0.130. The fourth-order valence-corrected chi connectivity index (χ4v) is 4.60. The van der Waals surface area contributed by atoms with Gasteiger partial charge in [0.05, 0.1) is 6.04 Å². The number of hydrogen-bond donors (Lipinski definition) is 3.